The molecule has 8 heteroatoms. The van der Waals surface area contributed by atoms with E-state index >= 15 is 0 Å². The summed E-state index contributed by atoms with van der Waals surface area (Å²) in [5.41, 5.74) is 0. The number of sulfonamides is 1. The van der Waals surface area contributed by atoms with E-state index in [-0.39, 0.29) is 18.0 Å². The summed E-state index contributed by atoms with van der Waals surface area (Å²) in [4.78, 5) is 14.6. The zero-order chi connectivity index (χ0) is 17.9. The van der Waals surface area contributed by atoms with Gasteiger partial charge in [0.25, 0.3) is 10.0 Å². The molecule has 2 saturated heterocycles. The number of ether oxygens (including phenoxy) is 1. The fraction of sp³-hybridized carbons (Fsp3) is 0.706. The molecular weight excluding hydrogens is 360 g/mol. The van der Waals surface area contributed by atoms with Gasteiger partial charge in [-0.05, 0) is 37.1 Å². The maximum atomic E-state index is 12.7. The molecule has 0 radical (unpaired) electrons. The number of carbonyl (C=O) groups is 1. The molecule has 1 aromatic rings. The number of hydrogen-bond donors (Lipinski definition) is 0. The third-order valence-corrected chi connectivity index (χ3v) is 8.35. The van der Waals surface area contributed by atoms with E-state index in [2.05, 4.69) is 0 Å². The highest BCUT2D eigenvalue weighted by Gasteiger charge is 2.36. The van der Waals surface area contributed by atoms with Crippen LogP contribution in [0.1, 0.15) is 39.0 Å². The average molecular weight is 387 g/mol. The fourth-order valence-electron chi connectivity index (χ4n) is 3.75. The van der Waals surface area contributed by atoms with Gasteiger partial charge in [-0.15, -0.1) is 11.3 Å². The lowest BCUT2D eigenvalue weighted by atomic mass is 9.98. The summed E-state index contributed by atoms with van der Waals surface area (Å²) in [6, 6.07) is 3.77. The van der Waals surface area contributed by atoms with Crippen molar-refractivity contribution in [1.82, 2.24) is 9.21 Å². The van der Waals surface area contributed by atoms with Crippen molar-refractivity contribution in [3.05, 3.63) is 17.5 Å². The van der Waals surface area contributed by atoms with E-state index in [1.165, 1.54) is 11.3 Å². The summed E-state index contributed by atoms with van der Waals surface area (Å²) in [6.07, 6.45) is 3.64. The zero-order valence-electron chi connectivity index (χ0n) is 14.6. The molecular formula is C17H26N2O4S2. The zero-order valence-corrected chi connectivity index (χ0v) is 16.2. The lowest BCUT2D eigenvalue weighted by Gasteiger charge is -2.43. The molecule has 1 aromatic heterocycles. The standard InChI is InChI=1S/C17H26N2O4S2/c1-2-16(20)19(15-7-11-23-12-8-15)14-5-9-18(10-6-14)25(21,22)17-4-3-13-24-17/h3-4,13-15H,2,5-12H2,1H3. The Bertz CT molecular complexity index is 661. The third-order valence-electron chi connectivity index (χ3n) is 5.08. The van der Waals surface area contributed by atoms with Gasteiger partial charge in [0.1, 0.15) is 4.21 Å². The first-order chi connectivity index (χ1) is 12.0. The number of hydrogen-bond acceptors (Lipinski definition) is 5. The Morgan fingerprint density at radius 3 is 2.44 bits per heavy atom. The van der Waals surface area contributed by atoms with Crippen molar-refractivity contribution in [1.29, 1.82) is 0 Å². The number of piperidine rings is 1. The molecule has 3 rings (SSSR count). The molecule has 0 atom stereocenters. The monoisotopic (exact) mass is 386 g/mol. The predicted octanol–water partition coefficient (Wildman–Crippen LogP) is 2.32. The Morgan fingerprint density at radius 2 is 1.88 bits per heavy atom. The molecule has 25 heavy (non-hydrogen) atoms. The lowest BCUT2D eigenvalue weighted by Crippen LogP contribution is -2.53. The normalized spacial score (nSPS) is 21.3. The summed E-state index contributed by atoms with van der Waals surface area (Å²) >= 11 is 1.25. The van der Waals surface area contributed by atoms with Gasteiger partial charge in [0.05, 0.1) is 0 Å². The predicted molar refractivity (Wildman–Crippen MR) is 97.1 cm³/mol. The smallest absolute Gasteiger partial charge is 0.252 e. The molecule has 0 aliphatic carbocycles. The molecule has 2 aliphatic heterocycles. The van der Waals surface area contributed by atoms with Crippen LogP contribution in [-0.4, -0.2) is 61.9 Å². The van der Waals surface area contributed by atoms with Crippen LogP contribution in [0.5, 0.6) is 0 Å². The fourth-order valence-corrected chi connectivity index (χ4v) is 6.36. The van der Waals surface area contributed by atoms with Crippen LogP contribution in [0.4, 0.5) is 0 Å². The van der Waals surface area contributed by atoms with E-state index in [1.54, 1.807) is 21.8 Å². The van der Waals surface area contributed by atoms with Crippen molar-refractivity contribution in [3.8, 4) is 0 Å². The summed E-state index contributed by atoms with van der Waals surface area (Å²) < 4.78 is 32.7. The molecule has 6 nitrogen and oxygen atoms in total. The number of nitrogens with zero attached hydrogens (tertiary/aromatic N) is 2. The minimum absolute atomic E-state index is 0.130. The van der Waals surface area contributed by atoms with Crippen LogP contribution in [0.15, 0.2) is 21.7 Å². The molecule has 0 spiro atoms. The summed E-state index contributed by atoms with van der Waals surface area (Å²) in [5, 5.41) is 1.78. The van der Waals surface area contributed by atoms with Crippen molar-refractivity contribution in [2.45, 2.75) is 55.3 Å². The Hall–Kier alpha value is -0.960. The lowest BCUT2D eigenvalue weighted by molar-refractivity contribution is -0.139. The van der Waals surface area contributed by atoms with E-state index in [1.807, 2.05) is 11.8 Å². The van der Waals surface area contributed by atoms with E-state index in [0.29, 0.717) is 49.8 Å². The topological polar surface area (TPSA) is 66.9 Å². The number of amides is 1. The Labute approximate surface area is 153 Å². The van der Waals surface area contributed by atoms with Gasteiger partial charge in [0.15, 0.2) is 0 Å². The quantitative estimate of drug-likeness (QED) is 0.779. The van der Waals surface area contributed by atoms with Gasteiger partial charge < -0.3 is 9.64 Å². The second kappa shape index (κ2) is 8.16. The minimum atomic E-state index is -3.39. The average Bonchev–Trinajstić information content (AvgIpc) is 3.19. The van der Waals surface area contributed by atoms with Gasteiger partial charge in [-0.1, -0.05) is 13.0 Å². The van der Waals surface area contributed by atoms with E-state index in [0.717, 1.165) is 12.8 Å². The van der Waals surface area contributed by atoms with Crippen LogP contribution < -0.4 is 0 Å². The largest absolute Gasteiger partial charge is 0.381 e. The van der Waals surface area contributed by atoms with Crippen LogP contribution in [0.2, 0.25) is 0 Å². The Kier molecular flexibility index (Phi) is 6.14. The maximum absolute atomic E-state index is 12.7. The second-order valence-corrected chi connectivity index (χ2v) is 9.68. The van der Waals surface area contributed by atoms with Gasteiger partial charge in [-0.2, -0.15) is 4.31 Å². The third kappa shape index (κ3) is 4.07. The first-order valence-corrected chi connectivity index (χ1v) is 11.3. The van der Waals surface area contributed by atoms with Crippen LogP contribution in [-0.2, 0) is 19.6 Å². The van der Waals surface area contributed by atoms with Crippen LogP contribution in [0, 0.1) is 0 Å². The van der Waals surface area contributed by atoms with Crippen molar-refractivity contribution in [3.63, 3.8) is 0 Å². The highest BCUT2D eigenvalue weighted by Crippen LogP contribution is 2.28. The SMILES string of the molecule is CCC(=O)N(C1CCOCC1)C1CCN(S(=O)(=O)c2cccs2)CC1. The number of carbonyl (C=O) groups excluding carboxylic acids is 1. The molecule has 0 N–H and O–H groups in total. The van der Waals surface area contributed by atoms with Crippen LogP contribution in [0.25, 0.3) is 0 Å². The van der Waals surface area contributed by atoms with E-state index in [4.69, 9.17) is 4.74 Å². The summed E-state index contributed by atoms with van der Waals surface area (Å²) in [5.74, 6) is 0.173. The molecule has 1 amide bonds. The van der Waals surface area contributed by atoms with Gasteiger partial charge in [0.2, 0.25) is 5.91 Å². The highest BCUT2D eigenvalue weighted by atomic mass is 32.2. The van der Waals surface area contributed by atoms with Crippen LogP contribution >= 0.6 is 11.3 Å². The first kappa shape index (κ1) is 18.8. The van der Waals surface area contributed by atoms with Gasteiger partial charge in [-0.25, -0.2) is 8.42 Å². The maximum Gasteiger partial charge on any atom is 0.252 e. The molecule has 2 fully saturated rings. The van der Waals surface area contributed by atoms with E-state index in [9.17, 15) is 13.2 Å². The van der Waals surface area contributed by atoms with E-state index < -0.39 is 10.0 Å². The molecule has 3 heterocycles. The summed E-state index contributed by atoms with van der Waals surface area (Å²) in [7, 11) is -3.39. The Balaban J connectivity index is 1.68. The molecule has 0 bridgehead atoms. The molecule has 0 aromatic carbocycles. The van der Waals surface area contributed by atoms with Crippen LogP contribution in [0.3, 0.4) is 0 Å². The van der Waals surface area contributed by atoms with Crippen molar-refractivity contribution in [2.75, 3.05) is 26.3 Å². The minimum Gasteiger partial charge on any atom is -0.381 e. The first-order valence-electron chi connectivity index (χ1n) is 8.96. The second-order valence-electron chi connectivity index (χ2n) is 6.57. The van der Waals surface area contributed by atoms with Crippen molar-refractivity contribution >= 4 is 27.3 Å². The summed E-state index contributed by atoms with van der Waals surface area (Å²) in [6.45, 7) is 4.24. The van der Waals surface area contributed by atoms with Gasteiger partial charge in [0, 0.05) is 44.8 Å². The van der Waals surface area contributed by atoms with Gasteiger partial charge in [-0.3, -0.25) is 4.79 Å². The Morgan fingerprint density at radius 1 is 1.24 bits per heavy atom. The molecule has 0 saturated carbocycles. The number of rotatable bonds is 5. The molecule has 0 unspecified atom stereocenters. The highest BCUT2D eigenvalue weighted by molar-refractivity contribution is 7.91. The number of thiophene rings is 1. The van der Waals surface area contributed by atoms with Gasteiger partial charge >= 0.3 is 0 Å². The molecule has 2 aliphatic rings. The molecule has 140 valence electrons. The van der Waals surface area contributed by atoms with Crippen molar-refractivity contribution in [2.24, 2.45) is 0 Å². The van der Waals surface area contributed by atoms with Crippen molar-refractivity contribution < 1.29 is 17.9 Å².